The molecule has 0 radical (unpaired) electrons. The van der Waals surface area contributed by atoms with Gasteiger partial charge in [-0.15, -0.1) is 0 Å². The molecule has 0 unspecified atom stereocenters. The summed E-state index contributed by atoms with van der Waals surface area (Å²) in [5, 5.41) is 8.95. The summed E-state index contributed by atoms with van der Waals surface area (Å²) < 4.78 is 5.97. The van der Waals surface area contributed by atoms with Gasteiger partial charge < -0.3 is 4.74 Å². The standard InChI is InChI=1S/C18H19NO/c1-12(2)15-6-5-13(3)18(10-15)20-17-8-7-16(11-19)14(4)9-17/h5-10,12H,1-4H3. The smallest absolute Gasteiger partial charge is 0.130 e. The van der Waals surface area contributed by atoms with Crippen LogP contribution in [0, 0.1) is 25.2 Å². The number of ether oxygens (including phenoxy) is 1. The van der Waals surface area contributed by atoms with Crippen molar-refractivity contribution in [2.24, 2.45) is 0 Å². The van der Waals surface area contributed by atoms with Crippen molar-refractivity contribution >= 4 is 0 Å². The van der Waals surface area contributed by atoms with Crippen LogP contribution in [-0.4, -0.2) is 0 Å². The van der Waals surface area contributed by atoms with E-state index in [1.54, 1.807) is 6.07 Å². The molecule has 0 spiro atoms. The molecule has 102 valence electrons. The zero-order valence-corrected chi connectivity index (χ0v) is 12.4. The Morgan fingerprint density at radius 2 is 1.75 bits per heavy atom. The highest BCUT2D eigenvalue weighted by molar-refractivity contribution is 5.45. The predicted octanol–water partition coefficient (Wildman–Crippen LogP) is 5.09. The molecule has 0 saturated carbocycles. The first-order valence-corrected chi connectivity index (χ1v) is 6.80. The number of aryl methyl sites for hydroxylation is 2. The molecule has 20 heavy (non-hydrogen) atoms. The molecule has 2 nitrogen and oxygen atoms in total. The minimum atomic E-state index is 0.473. The number of benzene rings is 2. The highest BCUT2D eigenvalue weighted by atomic mass is 16.5. The Morgan fingerprint density at radius 3 is 2.35 bits per heavy atom. The van der Waals surface area contributed by atoms with E-state index in [0.29, 0.717) is 11.5 Å². The minimum absolute atomic E-state index is 0.473. The van der Waals surface area contributed by atoms with Gasteiger partial charge in [-0.3, -0.25) is 0 Å². The molecule has 0 aliphatic heterocycles. The van der Waals surface area contributed by atoms with Gasteiger partial charge in [0.1, 0.15) is 11.5 Å². The van der Waals surface area contributed by atoms with Crippen molar-refractivity contribution in [2.45, 2.75) is 33.6 Å². The maximum atomic E-state index is 8.95. The number of hydrogen-bond acceptors (Lipinski definition) is 2. The summed E-state index contributed by atoms with van der Waals surface area (Å²) >= 11 is 0. The average Bonchev–Trinajstić information content (AvgIpc) is 2.41. The minimum Gasteiger partial charge on any atom is -0.457 e. The number of nitrogens with zero attached hydrogens (tertiary/aromatic N) is 1. The van der Waals surface area contributed by atoms with Crippen LogP contribution >= 0.6 is 0 Å². The molecule has 0 bridgehead atoms. The van der Waals surface area contributed by atoms with Crippen LogP contribution in [0.15, 0.2) is 36.4 Å². The Labute approximate surface area is 120 Å². The molecule has 2 aromatic carbocycles. The van der Waals surface area contributed by atoms with Crippen molar-refractivity contribution in [3.8, 4) is 17.6 Å². The van der Waals surface area contributed by atoms with Crippen LogP contribution in [0.1, 0.15) is 42.0 Å². The zero-order valence-electron chi connectivity index (χ0n) is 12.4. The van der Waals surface area contributed by atoms with Crippen molar-refractivity contribution < 1.29 is 4.74 Å². The van der Waals surface area contributed by atoms with Crippen LogP contribution in [0.4, 0.5) is 0 Å². The first kappa shape index (κ1) is 14.1. The molecule has 0 aliphatic rings. The lowest BCUT2D eigenvalue weighted by Gasteiger charge is -2.13. The molecular formula is C18H19NO. The first-order chi connectivity index (χ1) is 9.51. The summed E-state index contributed by atoms with van der Waals surface area (Å²) in [4.78, 5) is 0. The second-order valence-corrected chi connectivity index (χ2v) is 5.37. The molecule has 0 aliphatic carbocycles. The Kier molecular flexibility index (Phi) is 4.10. The summed E-state index contributed by atoms with van der Waals surface area (Å²) in [6, 6.07) is 14.0. The van der Waals surface area contributed by atoms with E-state index in [4.69, 9.17) is 10.00 Å². The molecule has 0 N–H and O–H groups in total. The molecule has 2 rings (SSSR count). The molecule has 0 fully saturated rings. The lowest BCUT2D eigenvalue weighted by molar-refractivity contribution is 0.477. The molecule has 2 aromatic rings. The number of nitriles is 1. The topological polar surface area (TPSA) is 33.0 Å². The van der Waals surface area contributed by atoms with E-state index >= 15 is 0 Å². The fraction of sp³-hybridized carbons (Fsp3) is 0.278. The van der Waals surface area contributed by atoms with E-state index in [9.17, 15) is 0 Å². The van der Waals surface area contributed by atoms with Gasteiger partial charge >= 0.3 is 0 Å². The Morgan fingerprint density at radius 1 is 1.00 bits per heavy atom. The maximum Gasteiger partial charge on any atom is 0.130 e. The van der Waals surface area contributed by atoms with E-state index in [-0.39, 0.29) is 0 Å². The van der Waals surface area contributed by atoms with E-state index in [1.807, 2.05) is 26.0 Å². The second-order valence-electron chi connectivity index (χ2n) is 5.37. The Balaban J connectivity index is 2.32. The maximum absolute atomic E-state index is 8.95. The highest BCUT2D eigenvalue weighted by Crippen LogP contribution is 2.29. The van der Waals surface area contributed by atoms with Crippen LogP contribution in [-0.2, 0) is 0 Å². The largest absolute Gasteiger partial charge is 0.457 e. The van der Waals surface area contributed by atoms with Crippen molar-refractivity contribution in [1.82, 2.24) is 0 Å². The summed E-state index contributed by atoms with van der Waals surface area (Å²) in [5.41, 5.74) is 3.99. The lowest BCUT2D eigenvalue weighted by Crippen LogP contribution is -1.93. The van der Waals surface area contributed by atoms with Crippen molar-refractivity contribution in [1.29, 1.82) is 5.26 Å². The van der Waals surface area contributed by atoms with Crippen molar-refractivity contribution in [3.63, 3.8) is 0 Å². The van der Waals surface area contributed by atoms with Crippen LogP contribution in [0.5, 0.6) is 11.5 Å². The van der Waals surface area contributed by atoms with Gasteiger partial charge in [-0.25, -0.2) is 0 Å². The van der Waals surface area contributed by atoms with Gasteiger partial charge in [0.25, 0.3) is 0 Å². The fourth-order valence-corrected chi connectivity index (χ4v) is 2.04. The van der Waals surface area contributed by atoms with E-state index < -0.39 is 0 Å². The van der Waals surface area contributed by atoms with Crippen molar-refractivity contribution in [3.05, 3.63) is 58.7 Å². The van der Waals surface area contributed by atoms with Gasteiger partial charge in [-0.2, -0.15) is 5.26 Å². The van der Waals surface area contributed by atoms with Gasteiger partial charge in [0, 0.05) is 0 Å². The van der Waals surface area contributed by atoms with Gasteiger partial charge in [-0.1, -0.05) is 26.0 Å². The normalized spacial score (nSPS) is 10.4. The third-order valence-corrected chi connectivity index (χ3v) is 3.43. The zero-order chi connectivity index (χ0) is 14.7. The third kappa shape index (κ3) is 3.00. The van der Waals surface area contributed by atoms with Crippen molar-refractivity contribution in [2.75, 3.05) is 0 Å². The third-order valence-electron chi connectivity index (χ3n) is 3.43. The number of rotatable bonds is 3. The van der Waals surface area contributed by atoms with Crippen LogP contribution < -0.4 is 4.74 Å². The molecule has 2 heteroatoms. The molecule has 0 aromatic heterocycles. The molecule has 0 saturated heterocycles. The fourth-order valence-electron chi connectivity index (χ4n) is 2.04. The van der Waals surface area contributed by atoms with Gasteiger partial charge in [-0.05, 0) is 60.7 Å². The Bertz CT molecular complexity index is 666. The number of hydrogen-bond donors (Lipinski definition) is 0. The molecule has 0 atom stereocenters. The average molecular weight is 265 g/mol. The quantitative estimate of drug-likeness (QED) is 0.774. The Hall–Kier alpha value is -2.27. The molecule has 0 heterocycles. The van der Waals surface area contributed by atoms with Crippen LogP contribution in [0.25, 0.3) is 0 Å². The highest BCUT2D eigenvalue weighted by Gasteiger charge is 2.07. The van der Waals surface area contributed by atoms with E-state index in [0.717, 1.165) is 22.6 Å². The molecular weight excluding hydrogens is 246 g/mol. The monoisotopic (exact) mass is 265 g/mol. The first-order valence-electron chi connectivity index (χ1n) is 6.80. The summed E-state index contributed by atoms with van der Waals surface area (Å²) in [6.45, 7) is 8.29. The summed E-state index contributed by atoms with van der Waals surface area (Å²) in [5.74, 6) is 2.12. The molecule has 0 amide bonds. The van der Waals surface area contributed by atoms with Gasteiger partial charge in [0.05, 0.1) is 11.6 Å². The second kappa shape index (κ2) is 5.79. The lowest BCUT2D eigenvalue weighted by atomic mass is 10.0. The van der Waals surface area contributed by atoms with Gasteiger partial charge in [0.15, 0.2) is 0 Å². The summed E-state index contributed by atoms with van der Waals surface area (Å²) in [6.07, 6.45) is 0. The van der Waals surface area contributed by atoms with Crippen LogP contribution in [0.3, 0.4) is 0 Å². The van der Waals surface area contributed by atoms with E-state index in [1.165, 1.54) is 5.56 Å². The van der Waals surface area contributed by atoms with Gasteiger partial charge in [0.2, 0.25) is 0 Å². The SMILES string of the molecule is Cc1cc(Oc2cc(C(C)C)ccc2C)ccc1C#N. The predicted molar refractivity (Wildman–Crippen MR) is 81.2 cm³/mol. The summed E-state index contributed by atoms with van der Waals surface area (Å²) in [7, 11) is 0. The van der Waals surface area contributed by atoms with Crippen LogP contribution in [0.2, 0.25) is 0 Å². The van der Waals surface area contributed by atoms with E-state index in [2.05, 4.69) is 38.1 Å².